The number of thiazole rings is 1. The number of aryl methyl sites for hydroxylation is 2. The van der Waals surface area contributed by atoms with E-state index in [1.54, 1.807) is 4.90 Å². The number of aromatic nitrogens is 1. The predicted molar refractivity (Wildman–Crippen MR) is 111 cm³/mol. The van der Waals surface area contributed by atoms with Crippen LogP contribution >= 0.6 is 11.3 Å². The molecule has 0 fully saturated rings. The van der Waals surface area contributed by atoms with E-state index in [1.165, 1.54) is 18.3 Å². The van der Waals surface area contributed by atoms with E-state index in [4.69, 9.17) is 4.74 Å². The normalized spacial score (nSPS) is 10.5. The molecule has 1 amide bonds. The van der Waals surface area contributed by atoms with Crippen molar-refractivity contribution in [3.05, 3.63) is 76.3 Å². The maximum atomic E-state index is 12.2. The highest BCUT2D eigenvalue weighted by Gasteiger charge is 2.19. The fourth-order valence-electron chi connectivity index (χ4n) is 2.72. The van der Waals surface area contributed by atoms with E-state index in [1.807, 2.05) is 67.8 Å². The summed E-state index contributed by atoms with van der Waals surface area (Å²) >= 11 is 1.35. The van der Waals surface area contributed by atoms with Gasteiger partial charge in [0.15, 0.2) is 5.13 Å². The van der Waals surface area contributed by atoms with Gasteiger partial charge in [0.25, 0.3) is 0 Å². The number of carbonyl (C=O) groups is 2. The SMILES string of the molecule is CC(=O)N(c1ccc(C)c(C)c1)c1nc(COC(=O)Cc2ccccc2)cs1. The first-order valence-electron chi connectivity index (χ1n) is 8.96. The Morgan fingerprint density at radius 2 is 1.82 bits per heavy atom. The van der Waals surface area contributed by atoms with Crippen molar-refractivity contribution in [1.82, 2.24) is 4.98 Å². The van der Waals surface area contributed by atoms with Crippen LogP contribution in [-0.4, -0.2) is 16.9 Å². The molecule has 1 heterocycles. The van der Waals surface area contributed by atoms with Gasteiger partial charge in [0, 0.05) is 12.3 Å². The summed E-state index contributed by atoms with van der Waals surface area (Å²) in [5.41, 5.74) is 4.57. The van der Waals surface area contributed by atoms with Crippen molar-refractivity contribution in [2.75, 3.05) is 4.90 Å². The van der Waals surface area contributed by atoms with Crippen LogP contribution in [0.1, 0.15) is 29.3 Å². The topological polar surface area (TPSA) is 59.5 Å². The highest BCUT2D eigenvalue weighted by Crippen LogP contribution is 2.30. The van der Waals surface area contributed by atoms with E-state index < -0.39 is 0 Å². The van der Waals surface area contributed by atoms with Crippen LogP contribution in [0.4, 0.5) is 10.8 Å². The van der Waals surface area contributed by atoms with Gasteiger partial charge in [-0.1, -0.05) is 36.4 Å². The smallest absolute Gasteiger partial charge is 0.310 e. The van der Waals surface area contributed by atoms with Gasteiger partial charge >= 0.3 is 5.97 Å². The molecule has 0 saturated carbocycles. The van der Waals surface area contributed by atoms with Gasteiger partial charge in [-0.15, -0.1) is 11.3 Å². The lowest BCUT2D eigenvalue weighted by atomic mass is 10.1. The first kappa shape index (κ1) is 19.8. The largest absolute Gasteiger partial charge is 0.459 e. The van der Waals surface area contributed by atoms with Crippen LogP contribution in [0, 0.1) is 13.8 Å². The van der Waals surface area contributed by atoms with Crippen molar-refractivity contribution in [2.45, 2.75) is 33.8 Å². The molecular weight excluding hydrogens is 372 g/mol. The fourth-order valence-corrected chi connectivity index (χ4v) is 3.60. The molecule has 0 bridgehead atoms. The van der Waals surface area contributed by atoms with E-state index in [9.17, 15) is 9.59 Å². The lowest BCUT2D eigenvalue weighted by Gasteiger charge is -2.19. The minimum Gasteiger partial charge on any atom is -0.459 e. The fraction of sp³-hybridized carbons (Fsp3) is 0.227. The third-order valence-electron chi connectivity index (χ3n) is 4.37. The average molecular weight is 394 g/mol. The van der Waals surface area contributed by atoms with E-state index in [0.29, 0.717) is 10.8 Å². The van der Waals surface area contributed by atoms with Crippen molar-refractivity contribution in [3.8, 4) is 0 Å². The van der Waals surface area contributed by atoms with Crippen molar-refractivity contribution in [3.63, 3.8) is 0 Å². The number of ether oxygens (including phenoxy) is 1. The summed E-state index contributed by atoms with van der Waals surface area (Å²) in [5, 5.41) is 2.37. The zero-order valence-corrected chi connectivity index (χ0v) is 17.0. The van der Waals surface area contributed by atoms with Crippen molar-refractivity contribution in [2.24, 2.45) is 0 Å². The Morgan fingerprint density at radius 1 is 1.07 bits per heavy atom. The Hall–Kier alpha value is -2.99. The molecule has 0 aliphatic rings. The molecule has 5 nitrogen and oxygen atoms in total. The van der Waals surface area contributed by atoms with Crippen LogP contribution in [0.2, 0.25) is 0 Å². The highest BCUT2D eigenvalue weighted by atomic mass is 32.1. The monoisotopic (exact) mass is 394 g/mol. The van der Waals surface area contributed by atoms with Crippen LogP contribution in [0.5, 0.6) is 0 Å². The van der Waals surface area contributed by atoms with Gasteiger partial charge in [0.1, 0.15) is 6.61 Å². The second kappa shape index (κ2) is 8.80. The Morgan fingerprint density at radius 3 is 2.50 bits per heavy atom. The first-order chi connectivity index (χ1) is 13.4. The average Bonchev–Trinajstić information content (AvgIpc) is 3.12. The second-order valence-corrected chi connectivity index (χ2v) is 7.40. The molecule has 2 aromatic carbocycles. The lowest BCUT2D eigenvalue weighted by molar-refractivity contribution is -0.144. The molecular formula is C22H22N2O3S. The number of rotatable bonds is 6. The lowest BCUT2D eigenvalue weighted by Crippen LogP contribution is -2.22. The number of hydrogen-bond acceptors (Lipinski definition) is 5. The van der Waals surface area contributed by atoms with Crippen LogP contribution < -0.4 is 4.90 Å². The first-order valence-corrected chi connectivity index (χ1v) is 9.84. The number of anilines is 2. The van der Waals surface area contributed by atoms with Gasteiger partial charge < -0.3 is 4.74 Å². The molecule has 0 unspecified atom stereocenters. The number of hydrogen-bond donors (Lipinski definition) is 0. The minimum atomic E-state index is -0.307. The van der Waals surface area contributed by atoms with E-state index in [2.05, 4.69) is 4.98 Å². The molecule has 0 radical (unpaired) electrons. The number of amides is 1. The number of carbonyl (C=O) groups excluding carboxylic acids is 2. The second-order valence-electron chi connectivity index (χ2n) is 6.57. The van der Waals surface area contributed by atoms with Gasteiger partial charge in [0.05, 0.1) is 17.8 Å². The summed E-state index contributed by atoms with van der Waals surface area (Å²) in [4.78, 5) is 30.3. The van der Waals surface area contributed by atoms with Crippen LogP contribution in [0.25, 0.3) is 0 Å². The van der Waals surface area contributed by atoms with Crippen LogP contribution in [0.15, 0.2) is 53.9 Å². The summed E-state index contributed by atoms with van der Waals surface area (Å²) in [5.74, 6) is -0.427. The maximum Gasteiger partial charge on any atom is 0.310 e. The standard InChI is InChI=1S/C22H22N2O3S/c1-15-9-10-20(11-16(15)2)24(17(3)25)22-23-19(14-28-22)13-27-21(26)12-18-7-5-4-6-8-18/h4-11,14H,12-13H2,1-3H3. The summed E-state index contributed by atoms with van der Waals surface area (Å²) in [7, 11) is 0. The summed E-state index contributed by atoms with van der Waals surface area (Å²) in [6, 6.07) is 15.3. The zero-order chi connectivity index (χ0) is 20.1. The molecule has 144 valence electrons. The van der Waals surface area contributed by atoms with Crippen molar-refractivity contribution < 1.29 is 14.3 Å². The number of benzene rings is 2. The van der Waals surface area contributed by atoms with Crippen molar-refractivity contribution >= 4 is 34.0 Å². The Bertz CT molecular complexity index is 982. The minimum absolute atomic E-state index is 0.0842. The summed E-state index contributed by atoms with van der Waals surface area (Å²) in [6.07, 6.45) is 0.222. The van der Waals surface area contributed by atoms with Gasteiger partial charge in [-0.05, 0) is 42.7 Å². The van der Waals surface area contributed by atoms with E-state index in [0.717, 1.165) is 22.4 Å². The van der Waals surface area contributed by atoms with Crippen molar-refractivity contribution in [1.29, 1.82) is 0 Å². The molecule has 28 heavy (non-hydrogen) atoms. The molecule has 3 aromatic rings. The Balaban J connectivity index is 1.68. The zero-order valence-electron chi connectivity index (χ0n) is 16.1. The Labute approximate surface area is 168 Å². The summed E-state index contributed by atoms with van der Waals surface area (Å²) in [6.45, 7) is 5.64. The Kier molecular flexibility index (Phi) is 6.21. The van der Waals surface area contributed by atoms with E-state index in [-0.39, 0.29) is 24.9 Å². The van der Waals surface area contributed by atoms with Gasteiger partial charge in [-0.3, -0.25) is 14.5 Å². The third kappa shape index (κ3) is 4.84. The van der Waals surface area contributed by atoms with Gasteiger partial charge in [-0.25, -0.2) is 4.98 Å². The molecule has 0 N–H and O–H groups in total. The molecule has 1 aromatic heterocycles. The number of esters is 1. The molecule has 6 heteroatoms. The summed E-state index contributed by atoms with van der Waals surface area (Å²) < 4.78 is 5.33. The molecule has 3 rings (SSSR count). The van der Waals surface area contributed by atoms with Crippen LogP contribution in [-0.2, 0) is 27.4 Å². The quantitative estimate of drug-likeness (QED) is 0.567. The third-order valence-corrected chi connectivity index (χ3v) is 5.24. The van der Waals surface area contributed by atoms with Gasteiger partial charge in [-0.2, -0.15) is 0 Å². The molecule has 0 saturated heterocycles. The van der Waals surface area contributed by atoms with Gasteiger partial charge in [0.2, 0.25) is 5.91 Å². The molecule has 0 aliphatic carbocycles. The number of nitrogens with zero attached hydrogens (tertiary/aromatic N) is 2. The highest BCUT2D eigenvalue weighted by molar-refractivity contribution is 7.14. The predicted octanol–water partition coefficient (Wildman–Crippen LogP) is 4.73. The molecule has 0 aliphatic heterocycles. The molecule has 0 spiro atoms. The maximum absolute atomic E-state index is 12.2. The van der Waals surface area contributed by atoms with Crippen LogP contribution in [0.3, 0.4) is 0 Å². The van der Waals surface area contributed by atoms with E-state index >= 15 is 0 Å². The molecule has 0 atom stereocenters.